The molecule has 1 N–H and O–H groups in total. The summed E-state index contributed by atoms with van der Waals surface area (Å²) in [7, 11) is 1.52. The molecule has 132 valence electrons. The van der Waals surface area contributed by atoms with Crippen molar-refractivity contribution in [3.05, 3.63) is 41.7 Å². The lowest BCUT2D eigenvalue weighted by molar-refractivity contribution is -0.136. The first-order valence-corrected chi connectivity index (χ1v) is 8.21. The molecular weight excluding hydrogens is 336 g/mol. The van der Waals surface area contributed by atoms with Crippen LogP contribution < -0.4 is 10.1 Å². The highest BCUT2D eigenvalue weighted by Gasteiger charge is 2.39. The number of ether oxygens (including phenoxy) is 1. The molecule has 1 aromatic heterocycles. The van der Waals surface area contributed by atoms with Crippen LogP contribution in [-0.2, 0) is 16.1 Å². The molecule has 0 radical (unpaired) electrons. The molecule has 1 unspecified atom stereocenters. The van der Waals surface area contributed by atoms with Crippen LogP contribution in [0.15, 0.2) is 30.6 Å². The summed E-state index contributed by atoms with van der Waals surface area (Å²) in [6, 6.07) is 4.82. The number of carbonyl (C=O) groups excluding carboxylic acids is 3. The normalized spacial score (nSPS) is 19.3. The maximum atomic E-state index is 12.7. The Morgan fingerprint density at radius 1 is 1.19 bits per heavy atom. The predicted octanol–water partition coefficient (Wildman–Crippen LogP) is 0.913. The van der Waals surface area contributed by atoms with Crippen molar-refractivity contribution in [2.75, 3.05) is 7.11 Å². The van der Waals surface area contributed by atoms with Crippen molar-refractivity contribution < 1.29 is 19.1 Å². The number of piperidine rings is 1. The van der Waals surface area contributed by atoms with E-state index in [2.05, 4.69) is 15.3 Å². The van der Waals surface area contributed by atoms with Gasteiger partial charge in [0.1, 0.15) is 6.04 Å². The largest absolute Gasteiger partial charge is 0.480 e. The van der Waals surface area contributed by atoms with Gasteiger partial charge in [-0.15, -0.1) is 0 Å². The Labute approximate surface area is 149 Å². The molecule has 1 atom stereocenters. The third kappa shape index (κ3) is 2.69. The summed E-state index contributed by atoms with van der Waals surface area (Å²) in [5.74, 6) is -0.476. The number of hydrogen-bond donors (Lipinski definition) is 1. The van der Waals surface area contributed by atoms with Crippen LogP contribution in [0.1, 0.15) is 28.8 Å². The number of carbonyl (C=O) groups is 3. The molecule has 0 bridgehead atoms. The van der Waals surface area contributed by atoms with Gasteiger partial charge < -0.3 is 9.64 Å². The van der Waals surface area contributed by atoms with E-state index in [0.717, 1.165) is 11.1 Å². The lowest BCUT2D eigenvalue weighted by Gasteiger charge is -2.29. The Bertz CT molecular complexity index is 910. The van der Waals surface area contributed by atoms with E-state index in [4.69, 9.17) is 4.74 Å². The van der Waals surface area contributed by atoms with E-state index in [1.54, 1.807) is 18.3 Å². The summed E-state index contributed by atoms with van der Waals surface area (Å²) in [5.41, 5.74) is 2.90. The van der Waals surface area contributed by atoms with Gasteiger partial charge in [0.05, 0.1) is 25.2 Å². The van der Waals surface area contributed by atoms with Gasteiger partial charge in [0.15, 0.2) is 0 Å². The van der Waals surface area contributed by atoms with Crippen molar-refractivity contribution in [3.8, 4) is 17.1 Å². The molecule has 2 aliphatic rings. The highest BCUT2D eigenvalue weighted by molar-refractivity contribution is 6.05. The maximum Gasteiger partial charge on any atom is 0.255 e. The predicted molar refractivity (Wildman–Crippen MR) is 90.1 cm³/mol. The molecule has 0 spiro atoms. The van der Waals surface area contributed by atoms with Gasteiger partial charge in [-0.3, -0.25) is 19.7 Å². The quantitative estimate of drug-likeness (QED) is 0.824. The Kier molecular flexibility index (Phi) is 3.87. The zero-order valence-corrected chi connectivity index (χ0v) is 14.1. The lowest BCUT2D eigenvalue weighted by atomic mass is 10.0. The average molecular weight is 352 g/mol. The van der Waals surface area contributed by atoms with Gasteiger partial charge in [-0.05, 0) is 24.1 Å². The molecule has 8 nitrogen and oxygen atoms in total. The van der Waals surface area contributed by atoms with Gasteiger partial charge in [0.2, 0.25) is 17.7 Å². The fourth-order valence-electron chi connectivity index (χ4n) is 3.30. The standard InChI is InChI=1S/C18H16N4O4/c1-26-16-8-19-13(7-20-16)10-2-3-12-11(6-10)9-22(18(12)25)14-4-5-15(23)21-17(14)24/h2-3,6-8,14H,4-5,9H2,1H3,(H,21,23,24). The first-order chi connectivity index (χ1) is 12.6. The second-order valence-electron chi connectivity index (χ2n) is 6.22. The zero-order chi connectivity index (χ0) is 18.3. The molecule has 26 heavy (non-hydrogen) atoms. The van der Waals surface area contributed by atoms with E-state index >= 15 is 0 Å². The van der Waals surface area contributed by atoms with Crippen molar-refractivity contribution in [1.82, 2.24) is 20.2 Å². The molecule has 3 heterocycles. The van der Waals surface area contributed by atoms with Gasteiger partial charge in [0.25, 0.3) is 5.91 Å². The Morgan fingerprint density at radius 2 is 2.04 bits per heavy atom. The van der Waals surface area contributed by atoms with Crippen LogP contribution in [0.5, 0.6) is 5.88 Å². The number of nitrogens with zero attached hydrogens (tertiary/aromatic N) is 3. The van der Waals surface area contributed by atoms with Gasteiger partial charge in [-0.25, -0.2) is 9.97 Å². The summed E-state index contributed by atoms with van der Waals surface area (Å²) in [6.45, 7) is 0.331. The molecule has 1 aromatic carbocycles. The molecule has 0 aliphatic carbocycles. The Balaban J connectivity index is 1.60. The number of fused-ring (bicyclic) bond motifs is 1. The van der Waals surface area contributed by atoms with Crippen LogP contribution >= 0.6 is 0 Å². The molecule has 4 rings (SSSR count). The minimum Gasteiger partial charge on any atom is -0.480 e. The Morgan fingerprint density at radius 3 is 2.73 bits per heavy atom. The number of benzene rings is 1. The summed E-state index contributed by atoms with van der Waals surface area (Å²) >= 11 is 0. The monoisotopic (exact) mass is 352 g/mol. The van der Waals surface area contributed by atoms with Crippen LogP contribution in [-0.4, -0.2) is 45.7 Å². The number of rotatable bonds is 3. The van der Waals surface area contributed by atoms with Gasteiger partial charge in [-0.2, -0.15) is 0 Å². The average Bonchev–Trinajstić information content (AvgIpc) is 2.98. The molecule has 1 saturated heterocycles. The maximum absolute atomic E-state index is 12.7. The smallest absolute Gasteiger partial charge is 0.255 e. The van der Waals surface area contributed by atoms with E-state index in [1.165, 1.54) is 18.2 Å². The van der Waals surface area contributed by atoms with Crippen molar-refractivity contribution in [3.63, 3.8) is 0 Å². The van der Waals surface area contributed by atoms with E-state index < -0.39 is 11.9 Å². The number of nitrogens with one attached hydrogen (secondary N) is 1. The molecule has 2 aliphatic heterocycles. The minimum absolute atomic E-state index is 0.193. The number of methoxy groups -OCH3 is 1. The summed E-state index contributed by atoms with van der Waals surface area (Å²) in [4.78, 5) is 46.0. The highest BCUT2D eigenvalue weighted by atomic mass is 16.5. The van der Waals surface area contributed by atoms with Gasteiger partial charge in [0, 0.05) is 24.1 Å². The van der Waals surface area contributed by atoms with Crippen LogP contribution in [0, 0.1) is 0 Å². The van der Waals surface area contributed by atoms with E-state index in [-0.39, 0.29) is 18.2 Å². The molecule has 2 aromatic rings. The van der Waals surface area contributed by atoms with Crippen LogP contribution in [0.3, 0.4) is 0 Å². The van der Waals surface area contributed by atoms with Crippen LogP contribution in [0.25, 0.3) is 11.3 Å². The molecule has 0 saturated carbocycles. The first kappa shape index (κ1) is 16.2. The zero-order valence-electron chi connectivity index (χ0n) is 14.1. The van der Waals surface area contributed by atoms with Gasteiger partial charge >= 0.3 is 0 Å². The summed E-state index contributed by atoms with van der Waals surface area (Å²) in [6.07, 6.45) is 3.73. The number of aromatic nitrogens is 2. The van der Waals surface area contributed by atoms with Crippen molar-refractivity contribution in [2.45, 2.75) is 25.4 Å². The minimum atomic E-state index is -0.614. The molecule has 1 fully saturated rings. The van der Waals surface area contributed by atoms with E-state index in [9.17, 15) is 14.4 Å². The first-order valence-electron chi connectivity index (χ1n) is 8.21. The third-order valence-electron chi connectivity index (χ3n) is 4.66. The second-order valence-corrected chi connectivity index (χ2v) is 6.22. The van der Waals surface area contributed by atoms with Crippen molar-refractivity contribution in [2.24, 2.45) is 0 Å². The number of hydrogen-bond acceptors (Lipinski definition) is 6. The fraction of sp³-hybridized carbons (Fsp3) is 0.278. The van der Waals surface area contributed by atoms with Crippen LogP contribution in [0.2, 0.25) is 0 Å². The summed E-state index contributed by atoms with van der Waals surface area (Å²) < 4.78 is 5.01. The molecular formula is C18H16N4O4. The Hall–Kier alpha value is -3.29. The van der Waals surface area contributed by atoms with E-state index in [1.807, 2.05) is 6.07 Å². The second kappa shape index (κ2) is 6.21. The topological polar surface area (TPSA) is 101 Å². The number of imide groups is 1. The lowest BCUT2D eigenvalue weighted by Crippen LogP contribution is -2.52. The molecule has 3 amide bonds. The van der Waals surface area contributed by atoms with Crippen molar-refractivity contribution >= 4 is 17.7 Å². The van der Waals surface area contributed by atoms with Gasteiger partial charge in [-0.1, -0.05) is 6.07 Å². The van der Waals surface area contributed by atoms with E-state index in [0.29, 0.717) is 30.1 Å². The summed E-state index contributed by atoms with van der Waals surface area (Å²) in [5, 5.41) is 2.30. The fourth-order valence-corrected chi connectivity index (χ4v) is 3.30. The molecule has 8 heteroatoms. The highest BCUT2D eigenvalue weighted by Crippen LogP contribution is 2.30. The van der Waals surface area contributed by atoms with Crippen LogP contribution in [0.4, 0.5) is 0 Å². The third-order valence-corrected chi connectivity index (χ3v) is 4.66. The van der Waals surface area contributed by atoms with Crippen molar-refractivity contribution in [1.29, 1.82) is 0 Å². The SMILES string of the molecule is COc1cnc(-c2ccc3c(c2)CN(C2CCC(=O)NC2=O)C3=O)cn1. The number of amides is 3.